The fourth-order valence-corrected chi connectivity index (χ4v) is 3.93. The summed E-state index contributed by atoms with van der Waals surface area (Å²) < 4.78 is 10.1. The summed E-state index contributed by atoms with van der Waals surface area (Å²) in [6, 6.07) is 4.24. The number of piperidine rings is 1. The predicted molar refractivity (Wildman–Crippen MR) is 102 cm³/mol. The first-order chi connectivity index (χ1) is 13.2. The number of likely N-dealkylation sites (tertiary alicyclic amines) is 1. The molecular formula is C20H28N6O. The van der Waals surface area contributed by atoms with Crippen molar-refractivity contribution >= 4 is 0 Å². The standard InChI is InChI=1S/C20H28N6O/c1-3-5-17-7-8-18(27-17)13-25-10-4-6-16(12-25)20-23-22-19(24(20)2)14-26-11-9-21-15-26/h7-9,11,15-16H,3-6,10,12-14H2,1-2H3/t16-/m0/s1. The monoisotopic (exact) mass is 368 g/mol. The summed E-state index contributed by atoms with van der Waals surface area (Å²) in [7, 11) is 2.07. The molecule has 0 saturated carbocycles. The molecule has 1 saturated heterocycles. The first-order valence-electron chi connectivity index (χ1n) is 9.86. The molecule has 0 aromatic carbocycles. The lowest BCUT2D eigenvalue weighted by atomic mass is 9.97. The zero-order valence-corrected chi connectivity index (χ0v) is 16.2. The van der Waals surface area contributed by atoms with E-state index in [9.17, 15) is 0 Å². The molecule has 0 radical (unpaired) electrons. The van der Waals surface area contributed by atoms with E-state index < -0.39 is 0 Å². The molecule has 4 heterocycles. The molecule has 0 N–H and O–H groups in total. The summed E-state index contributed by atoms with van der Waals surface area (Å²) in [5.41, 5.74) is 0. The van der Waals surface area contributed by atoms with E-state index in [2.05, 4.69) is 50.8 Å². The number of hydrogen-bond acceptors (Lipinski definition) is 5. The van der Waals surface area contributed by atoms with Crippen LogP contribution in [0.3, 0.4) is 0 Å². The minimum Gasteiger partial charge on any atom is -0.465 e. The Kier molecular flexibility index (Phi) is 5.38. The quantitative estimate of drug-likeness (QED) is 0.641. The van der Waals surface area contributed by atoms with Gasteiger partial charge in [0.05, 0.1) is 19.4 Å². The van der Waals surface area contributed by atoms with Crippen LogP contribution in [0.25, 0.3) is 0 Å². The largest absolute Gasteiger partial charge is 0.465 e. The second-order valence-corrected chi connectivity index (χ2v) is 7.46. The molecule has 1 aliphatic heterocycles. The van der Waals surface area contributed by atoms with E-state index in [1.807, 2.05) is 17.1 Å². The second-order valence-electron chi connectivity index (χ2n) is 7.46. The Balaban J connectivity index is 1.41. The maximum absolute atomic E-state index is 5.97. The average molecular weight is 368 g/mol. The van der Waals surface area contributed by atoms with Gasteiger partial charge in [-0.3, -0.25) is 4.90 Å². The van der Waals surface area contributed by atoms with Crippen molar-refractivity contribution in [2.24, 2.45) is 7.05 Å². The lowest BCUT2D eigenvalue weighted by Gasteiger charge is -2.31. The normalized spacial score (nSPS) is 18.2. The Morgan fingerprint density at radius 3 is 2.89 bits per heavy atom. The van der Waals surface area contributed by atoms with Gasteiger partial charge in [0.2, 0.25) is 0 Å². The van der Waals surface area contributed by atoms with Crippen LogP contribution in [0.1, 0.15) is 55.3 Å². The van der Waals surface area contributed by atoms with Crippen LogP contribution in [-0.2, 0) is 26.6 Å². The zero-order valence-electron chi connectivity index (χ0n) is 16.2. The summed E-state index contributed by atoms with van der Waals surface area (Å²) in [5, 5.41) is 8.94. The predicted octanol–water partition coefficient (Wildman–Crippen LogP) is 2.99. The fraction of sp³-hybridized carbons (Fsp3) is 0.550. The Bertz CT molecular complexity index is 850. The molecule has 0 aliphatic carbocycles. The van der Waals surface area contributed by atoms with Gasteiger partial charge < -0.3 is 13.6 Å². The highest BCUT2D eigenvalue weighted by molar-refractivity contribution is 5.09. The molecule has 0 unspecified atom stereocenters. The van der Waals surface area contributed by atoms with E-state index in [0.717, 1.165) is 62.1 Å². The molecule has 1 aliphatic rings. The molecule has 144 valence electrons. The highest BCUT2D eigenvalue weighted by Gasteiger charge is 2.26. The summed E-state index contributed by atoms with van der Waals surface area (Å²) in [6.45, 7) is 5.87. The summed E-state index contributed by atoms with van der Waals surface area (Å²) in [4.78, 5) is 6.58. The minimum absolute atomic E-state index is 0.415. The Morgan fingerprint density at radius 1 is 1.19 bits per heavy atom. The molecule has 0 amide bonds. The van der Waals surface area contributed by atoms with Crippen molar-refractivity contribution in [2.45, 2.75) is 51.6 Å². The van der Waals surface area contributed by atoms with Gasteiger partial charge in [0.25, 0.3) is 0 Å². The number of hydrogen-bond donors (Lipinski definition) is 0. The highest BCUT2D eigenvalue weighted by atomic mass is 16.3. The van der Waals surface area contributed by atoms with Crippen molar-refractivity contribution < 1.29 is 4.42 Å². The summed E-state index contributed by atoms with van der Waals surface area (Å²) in [6.07, 6.45) is 10.0. The van der Waals surface area contributed by atoms with Crippen molar-refractivity contribution in [3.8, 4) is 0 Å². The van der Waals surface area contributed by atoms with Crippen LogP contribution in [0.5, 0.6) is 0 Å². The van der Waals surface area contributed by atoms with Gasteiger partial charge in [0.1, 0.15) is 17.3 Å². The van der Waals surface area contributed by atoms with Crippen LogP contribution in [-0.4, -0.2) is 42.3 Å². The lowest BCUT2D eigenvalue weighted by Crippen LogP contribution is -2.34. The van der Waals surface area contributed by atoms with Crippen molar-refractivity contribution in [1.29, 1.82) is 0 Å². The second kappa shape index (κ2) is 8.08. The summed E-state index contributed by atoms with van der Waals surface area (Å²) >= 11 is 0. The van der Waals surface area contributed by atoms with Crippen LogP contribution in [0.2, 0.25) is 0 Å². The van der Waals surface area contributed by atoms with Gasteiger partial charge in [-0.25, -0.2) is 4.98 Å². The zero-order chi connectivity index (χ0) is 18.6. The van der Waals surface area contributed by atoms with E-state index >= 15 is 0 Å². The van der Waals surface area contributed by atoms with Gasteiger partial charge in [0, 0.05) is 38.3 Å². The SMILES string of the molecule is CCCc1ccc(CN2CCC[C@H](c3nnc(Cn4ccnc4)n3C)C2)o1. The van der Waals surface area contributed by atoms with Crippen LogP contribution in [0.15, 0.2) is 35.3 Å². The van der Waals surface area contributed by atoms with Gasteiger partial charge in [-0.15, -0.1) is 10.2 Å². The molecule has 7 nitrogen and oxygen atoms in total. The number of aromatic nitrogens is 5. The fourth-order valence-electron chi connectivity index (χ4n) is 3.93. The molecule has 4 rings (SSSR count). The molecule has 7 heteroatoms. The van der Waals surface area contributed by atoms with Gasteiger partial charge in [0.15, 0.2) is 5.82 Å². The van der Waals surface area contributed by atoms with E-state index in [1.165, 1.54) is 6.42 Å². The first-order valence-corrected chi connectivity index (χ1v) is 9.86. The van der Waals surface area contributed by atoms with Crippen molar-refractivity contribution in [3.63, 3.8) is 0 Å². The maximum atomic E-state index is 5.97. The van der Waals surface area contributed by atoms with Crippen molar-refractivity contribution in [2.75, 3.05) is 13.1 Å². The number of rotatable bonds is 7. The Hall–Kier alpha value is -2.41. The van der Waals surface area contributed by atoms with Crippen molar-refractivity contribution in [3.05, 3.63) is 54.0 Å². The van der Waals surface area contributed by atoms with E-state index in [1.54, 1.807) is 6.20 Å². The third-order valence-electron chi connectivity index (χ3n) is 5.35. The lowest BCUT2D eigenvalue weighted by molar-refractivity contribution is 0.181. The number of imidazole rings is 1. The highest BCUT2D eigenvalue weighted by Crippen LogP contribution is 2.27. The minimum atomic E-state index is 0.415. The molecule has 27 heavy (non-hydrogen) atoms. The molecule has 3 aromatic rings. The van der Waals surface area contributed by atoms with Crippen LogP contribution in [0, 0.1) is 0 Å². The van der Waals surface area contributed by atoms with E-state index in [-0.39, 0.29) is 0 Å². The Labute approximate surface area is 160 Å². The molecular weight excluding hydrogens is 340 g/mol. The number of nitrogens with zero attached hydrogens (tertiary/aromatic N) is 6. The third kappa shape index (κ3) is 4.13. The topological polar surface area (TPSA) is 64.9 Å². The number of furan rings is 1. The van der Waals surface area contributed by atoms with Gasteiger partial charge in [-0.2, -0.15) is 0 Å². The van der Waals surface area contributed by atoms with E-state index in [4.69, 9.17) is 4.42 Å². The Morgan fingerprint density at radius 2 is 2.07 bits per heavy atom. The van der Waals surface area contributed by atoms with Crippen molar-refractivity contribution in [1.82, 2.24) is 29.2 Å². The summed E-state index contributed by atoms with van der Waals surface area (Å²) in [5.74, 6) is 4.63. The van der Waals surface area contributed by atoms with Gasteiger partial charge in [-0.1, -0.05) is 6.92 Å². The van der Waals surface area contributed by atoms with Gasteiger partial charge in [-0.05, 0) is 37.9 Å². The van der Waals surface area contributed by atoms with Gasteiger partial charge >= 0.3 is 0 Å². The molecule has 0 bridgehead atoms. The molecule has 1 atom stereocenters. The average Bonchev–Trinajstić information content (AvgIpc) is 3.40. The first kappa shape index (κ1) is 18.0. The smallest absolute Gasteiger partial charge is 0.152 e. The maximum Gasteiger partial charge on any atom is 0.152 e. The molecule has 3 aromatic heterocycles. The van der Waals surface area contributed by atoms with Crippen LogP contribution < -0.4 is 0 Å². The van der Waals surface area contributed by atoms with E-state index in [0.29, 0.717) is 12.5 Å². The number of aryl methyl sites for hydroxylation is 1. The van der Waals surface area contributed by atoms with Crippen LogP contribution >= 0.6 is 0 Å². The molecule has 1 fully saturated rings. The van der Waals surface area contributed by atoms with Crippen LogP contribution in [0.4, 0.5) is 0 Å². The molecule has 0 spiro atoms. The third-order valence-corrected chi connectivity index (χ3v) is 5.35.